The molecule has 0 amide bonds. The fraction of sp³-hybridized carbons (Fsp3) is 0.130. The van der Waals surface area contributed by atoms with Crippen molar-refractivity contribution in [2.45, 2.75) is 19.8 Å². The highest BCUT2D eigenvalue weighted by Gasteiger charge is 2.10. The SMILES string of the molecule is CCCC(=O)c1cccc(-c2ccc3nc(Nc4ccccc4C#N)nn3c2)c1. The number of para-hydroxylation sites is 1. The Bertz CT molecular complexity index is 1240. The van der Waals surface area contributed by atoms with Crippen LogP contribution >= 0.6 is 0 Å². The Labute approximate surface area is 168 Å². The molecule has 0 aliphatic heterocycles. The molecule has 0 radical (unpaired) electrons. The Balaban J connectivity index is 1.65. The molecule has 0 aliphatic rings. The number of nitriles is 1. The number of aromatic nitrogens is 3. The van der Waals surface area contributed by atoms with Crippen LogP contribution in [-0.4, -0.2) is 20.4 Å². The van der Waals surface area contributed by atoms with E-state index in [-0.39, 0.29) is 5.78 Å². The first-order valence-corrected chi connectivity index (χ1v) is 9.44. The summed E-state index contributed by atoms with van der Waals surface area (Å²) >= 11 is 0. The van der Waals surface area contributed by atoms with Gasteiger partial charge in [0.1, 0.15) is 6.07 Å². The second kappa shape index (κ2) is 7.95. The number of nitrogens with one attached hydrogen (secondary N) is 1. The van der Waals surface area contributed by atoms with Crippen molar-refractivity contribution in [3.8, 4) is 17.2 Å². The third-order valence-electron chi connectivity index (χ3n) is 4.62. The van der Waals surface area contributed by atoms with Gasteiger partial charge < -0.3 is 5.32 Å². The van der Waals surface area contributed by atoms with E-state index < -0.39 is 0 Å². The maximum Gasteiger partial charge on any atom is 0.247 e. The second-order valence-corrected chi connectivity index (χ2v) is 6.69. The van der Waals surface area contributed by atoms with Crippen LogP contribution in [0.15, 0.2) is 66.9 Å². The van der Waals surface area contributed by atoms with Gasteiger partial charge in [-0.3, -0.25) is 4.79 Å². The van der Waals surface area contributed by atoms with Gasteiger partial charge in [-0.25, -0.2) is 4.52 Å². The number of rotatable bonds is 6. The van der Waals surface area contributed by atoms with E-state index in [4.69, 9.17) is 0 Å². The Morgan fingerprint density at radius 2 is 1.97 bits per heavy atom. The number of anilines is 2. The van der Waals surface area contributed by atoms with E-state index >= 15 is 0 Å². The molecule has 0 saturated heterocycles. The summed E-state index contributed by atoms with van der Waals surface area (Å²) < 4.78 is 1.69. The highest BCUT2D eigenvalue weighted by Crippen LogP contribution is 2.23. The topological polar surface area (TPSA) is 83.1 Å². The monoisotopic (exact) mass is 381 g/mol. The average Bonchev–Trinajstić information content (AvgIpc) is 3.16. The molecule has 2 aromatic heterocycles. The molecule has 2 heterocycles. The lowest BCUT2D eigenvalue weighted by Crippen LogP contribution is -1.98. The lowest BCUT2D eigenvalue weighted by Gasteiger charge is -2.05. The molecule has 2 aromatic carbocycles. The average molecular weight is 381 g/mol. The predicted molar refractivity (Wildman–Crippen MR) is 112 cm³/mol. The molecule has 0 bridgehead atoms. The lowest BCUT2D eigenvalue weighted by molar-refractivity contribution is 0.0982. The molecule has 1 N–H and O–H groups in total. The summed E-state index contributed by atoms with van der Waals surface area (Å²) in [5.74, 6) is 0.565. The number of Topliss-reactive ketones (excluding diaryl/α,β-unsaturated/α-hetero) is 1. The highest BCUT2D eigenvalue weighted by molar-refractivity contribution is 5.97. The molecule has 4 rings (SSSR count). The second-order valence-electron chi connectivity index (χ2n) is 6.69. The van der Waals surface area contributed by atoms with Crippen LogP contribution in [-0.2, 0) is 0 Å². The molecule has 6 nitrogen and oxygen atoms in total. The van der Waals surface area contributed by atoms with E-state index in [1.165, 1.54) is 0 Å². The summed E-state index contributed by atoms with van der Waals surface area (Å²) in [5, 5.41) is 16.8. The predicted octanol–water partition coefficient (Wildman–Crippen LogP) is 4.99. The third-order valence-corrected chi connectivity index (χ3v) is 4.62. The molecule has 0 aliphatic carbocycles. The molecule has 0 fully saturated rings. The van der Waals surface area contributed by atoms with Gasteiger partial charge in [0.25, 0.3) is 0 Å². The highest BCUT2D eigenvalue weighted by atomic mass is 16.1. The first-order chi connectivity index (χ1) is 14.2. The molecule has 0 atom stereocenters. The van der Waals surface area contributed by atoms with Crippen molar-refractivity contribution in [1.82, 2.24) is 14.6 Å². The van der Waals surface area contributed by atoms with Gasteiger partial charge in [-0.05, 0) is 42.3 Å². The fourth-order valence-corrected chi connectivity index (χ4v) is 3.16. The molecular weight excluding hydrogens is 362 g/mol. The molecular formula is C23H19N5O. The van der Waals surface area contributed by atoms with Crippen LogP contribution in [0.3, 0.4) is 0 Å². The van der Waals surface area contributed by atoms with Gasteiger partial charge >= 0.3 is 0 Å². The zero-order valence-electron chi connectivity index (χ0n) is 16.0. The van der Waals surface area contributed by atoms with E-state index in [2.05, 4.69) is 21.5 Å². The van der Waals surface area contributed by atoms with Gasteiger partial charge in [-0.1, -0.05) is 37.3 Å². The summed E-state index contributed by atoms with van der Waals surface area (Å²) in [6.45, 7) is 2.00. The van der Waals surface area contributed by atoms with Crippen LogP contribution in [0, 0.1) is 11.3 Å². The minimum Gasteiger partial charge on any atom is -0.322 e. The number of carbonyl (C=O) groups is 1. The zero-order chi connectivity index (χ0) is 20.2. The molecule has 6 heteroatoms. The maximum absolute atomic E-state index is 12.2. The van der Waals surface area contributed by atoms with Crippen molar-refractivity contribution in [2.75, 3.05) is 5.32 Å². The van der Waals surface area contributed by atoms with Crippen LogP contribution < -0.4 is 5.32 Å². The first kappa shape index (κ1) is 18.4. The van der Waals surface area contributed by atoms with Crippen molar-refractivity contribution in [3.63, 3.8) is 0 Å². The Hall–Kier alpha value is -3.98. The van der Waals surface area contributed by atoms with Gasteiger partial charge in [-0.2, -0.15) is 10.2 Å². The molecule has 142 valence electrons. The van der Waals surface area contributed by atoms with E-state index in [1.807, 2.05) is 67.7 Å². The minimum absolute atomic E-state index is 0.152. The van der Waals surface area contributed by atoms with Crippen molar-refractivity contribution >= 4 is 23.1 Å². The Morgan fingerprint density at radius 1 is 1.10 bits per heavy atom. The number of ketones is 1. The van der Waals surface area contributed by atoms with Gasteiger partial charge in [-0.15, -0.1) is 5.10 Å². The van der Waals surface area contributed by atoms with Gasteiger partial charge in [0.15, 0.2) is 11.4 Å². The Morgan fingerprint density at radius 3 is 2.79 bits per heavy atom. The van der Waals surface area contributed by atoms with E-state index in [9.17, 15) is 10.1 Å². The number of nitrogens with zero attached hydrogens (tertiary/aromatic N) is 4. The lowest BCUT2D eigenvalue weighted by atomic mass is 10.0. The summed E-state index contributed by atoms with van der Waals surface area (Å²) in [4.78, 5) is 16.7. The number of carbonyl (C=O) groups excluding carboxylic acids is 1. The summed E-state index contributed by atoms with van der Waals surface area (Å²) in [5.41, 5.74) is 4.49. The normalized spacial score (nSPS) is 10.6. The molecule has 4 aromatic rings. The van der Waals surface area contributed by atoms with E-state index in [0.717, 1.165) is 23.1 Å². The van der Waals surface area contributed by atoms with E-state index in [0.29, 0.717) is 29.3 Å². The molecule has 0 spiro atoms. The number of fused-ring (bicyclic) bond motifs is 1. The largest absolute Gasteiger partial charge is 0.322 e. The van der Waals surface area contributed by atoms with Crippen LogP contribution in [0.2, 0.25) is 0 Å². The van der Waals surface area contributed by atoms with Gasteiger partial charge in [0.2, 0.25) is 5.95 Å². The molecule has 0 unspecified atom stereocenters. The van der Waals surface area contributed by atoms with Crippen molar-refractivity contribution in [2.24, 2.45) is 0 Å². The van der Waals surface area contributed by atoms with Crippen LogP contribution in [0.4, 0.5) is 11.6 Å². The van der Waals surface area contributed by atoms with Crippen molar-refractivity contribution < 1.29 is 4.79 Å². The zero-order valence-corrected chi connectivity index (χ0v) is 16.0. The minimum atomic E-state index is 0.152. The van der Waals surface area contributed by atoms with Crippen molar-refractivity contribution in [3.05, 3.63) is 78.0 Å². The Kier molecular flexibility index (Phi) is 5.04. The number of pyridine rings is 1. The fourth-order valence-electron chi connectivity index (χ4n) is 3.16. The quantitative estimate of drug-likeness (QED) is 0.476. The maximum atomic E-state index is 12.2. The number of benzene rings is 2. The molecule has 29 heavy (non-hydrogen) atoms. The number of hydrogen-bond acceptors (Lipinski definition) is 5. The van der Waals surface area contributed by atoms with Crippen LogP contribution in [0.1, 0.15) is 35.7 Å². The number of hydrogen-bond donors (Lipinski definition) is 1. The van der Waals surface area contributed by atoms with Gasteiger partial charge in [0, 0.05) is 23.7 Å². The van der Waals surface area contributed by atoms with Crippen molar-refractivity contribution in [1.29, 1.82) is 5.26 Å². The molecule has 0 saturated carbocycles. The summed E-state index contributed by atoms with van der Waals surface area (Å²) in [7, 11) is 0. The summed E-state index contributed by atoms with van der Waals surface area (Å²) in [6, 6.07) is 20.8. The smallest absolute Gasteiger partial charge is 0.247 e. The first-order valence-electron chi connectivity index (χ1n) is 9.44. The van der Waals surface area contributed by atoms with Crippen LogP contribution in [0.25, 0.3) is 16.8 Å². The standard InChI is InChI=1S/C23H19N5O/c1-2-6-21(29)17-9-5-8-16(13-17)19-11-12-22-26-23(27-28(22)15-19)25-20-10-4-3-7-18(20)14-24/h3-5,7-13,15H,2,6H2,1H3,(H,25,27). The van der Waals surface area contributed by atoms with E-state index in [1.54, 1.807) is 10.6 Å². The van der Waals surface area contributed by atoms with Gasteiger partial charge in [0.05, 0.1) is 11.3 Å². The summed E-state index contributed by atoms with van der Waals surface area (Å²) in [6.07, 6.45) is 3.26. The third kappa shape index (κ3) is 3.85. The van der Waals surface area contributed by atoms with Crippen LogP contribution in [0.5, 0.6) is 0 Å².